The second kappa shape index (κ2) is 4.06. The van der Waals surface area contributed by atoms with Gasteiger partial charge in [0, 0.05) is 6.26 Å². The first kappa shape index (κ1) is 11.8. The lowest BCUT2D eigenvalue weighted by molar-refractivity contribution is 0.101. The van der Waals surface area contributed by atoms with Gasteiger partial charge in [0.15, 0.2) is 15.6 Å². The fourth-order valence-electron chi connectivity index (χ4n) is 1.03. The van der Waals surface area contributed by atoms with Crippen molar-refractivity contribution in [1.82, 2.24) is 0 Å². The van der Waals surface area contributed by atoms with Gasteiger partial charge in [-0.3, -0.25) is 4.79 Å². The number of carbonyl (C=O) groups excluding carboxylic acids is 1. The van der Waals surface area contributed by atoms with Crippen LogP contribution in [-0.2, 0) is 9.84 Å². The van der Waals surface area contributed by atoms with Crippen LogP contribution in [0.15, 0.2) is 18.2 Å². The monoisotopic (exact) mass is 234 g/mol. The Bertz CT molecular complexity index is 494. The predicted octanol–water partition coefficient (Wildman–Crippen LogP) is 1.19. The van der Waals surface area contributed by atoms with E-state index in [0.717, 1.165) is 18.4 Å². The van der Waals surface area contributed by atoms with Gasteiger partial charge in [0.1, 0.15) is 17.4 Å². The molecule has 0 radical (unpaired) electrons. The summed E-state index contributed by atoms with van der Waals surface area (Å²) in [6.45, 7) is 0. The minimum absolute atomic E-state index is 0.541. The molecule has 82 valence electrons. The number of hydrogen-bond acceptors (Lipinski definition) is 3. The average molecular weight is 234 g/mol. The summed E-state index contributed by atoms with van der Waals surface area (Å²) >= 11 is 0. The molecule has 1 aromatic carbocycles. The molecular weight excluding hydrogens is 226 g/mol. The molecule has 0 aliphatic carbocycles. The molecule has 0 aliphatic heterocycles. The average Bonchev–Trinajstić information content (AvgIpc) is 2.06. The van der Waals surface area contributed by atoms with Crippen molar-refractivity contribution in [3.63, 3.8) is 0 Å². The van der Waals surface area contributed by atoms with Crippen molar-refractivity contribution < 1.29 is 22.0 Å². The van der Waals surface area contributed by atoms with Crippen LogP contribution in [-0.4, -0.2) is 26.2 Å². The van der Waals surface area contributed by atoms with E-state index in [1.807, 2.05) is 0 Å². The lowest BCUT2D eigenvalue weighted by Gasteiger charge is -2.01. The molecule has 1 rings (SSSR count). The number of halogens is 2. The summed E-state index contributed by atoms with van der Waals surface area (Å²) in [5, 5.41) is 0. The number of Topliss-reactive ketones (excluding diaryl/α,β-unsaturated/α-hetero) is 1. The van der Waals surface area contributed by atoms with Crippen molar-refractivity contribution in [3.05, 3.63) is 35.4 Å². The number of benzene rings is 1. The number of rotatable bonds is 3. The fraction of sp³-hybridized carbons (Fsp3) is 0.222. The van der Waals surface area contributed by atoms with E-state index in [-0.39, 0.29) is 0 Å². The molecule has 0 saturated heterocycles. The summed E-state index contributed by atoms with van der Waals surface area (Å²) < 4.78 is 47.2. The molecule has 0 unspecified atom stereocenters. The topological polar surface area (TPSA) is 51.2 Å². The normalized spacial score (nSPS) is 11.4. The molecule has 0 N–H and O–H groups in total. The van der Waals surface area contributed by atoms with Crippen molar-refractivity contribution in [3.8, 4) is 0 Å². The lowest BCUT2D eigenvalue weighted by Crippen LogP contribution is -2.16. The van der Waals surface area contributed by atoms with Gasteiger partial charge in [-0.15, -0.1) is 0 Å². The first-order chi connectivity index (χ1) is 6.79. The van der Waals surface area contributed by atoms with Gasteiger partial charge in [-0.25, -0.2) is 17.2 Å². The second-order valence-electron chi connectivity index (χ2n) is 3.12. The predicted molar refractivity (Wildman–Crippen MR) is 50.4 cm³/mol. The van der Waals surface area contributed by atoms with Crippen LogP contribution in [0.3, 0.4) is 0 Å². The van der Waals surface area contributed by atoms with Crippen molar-refractivity contribution in [2.24, 2.45) is 0 Å². The van der Waals surface area contributed by atoms with Gasteiger partial charge < -0.3 is 0 Å². The molecule has 6 heteroatoms. The van der Waals surface area contributed by atoms with Crippen LogP contribution in [0.2, 0.25) is 0 Å². The maximum Gasteiger partial charge on any atom is 0.180 e. The zero-order valence-corrected chi connectivity index (χ0v) is 8.64. The number of ketones is 1. The standard InChI is InChI=1S/C9H8F2O3S/c1-15(13,14)5-9(12)7-4-6(10)2-3-8(7)11/h2-4H,5H2,1H3. The third kappa shape index (κ3) is 3.39. The Kier molecular flexibility index (Phi) is 3.18. The quantitative estimate of drug-likeness (QED) is 0.738. The third-order valence-corrected chi connectivity index (χ3v) is 2.41. The summed E-state index contributed by atoms with van der Waals surface area (Å²) in [6.07, 6.45) is 0.849. The van der Waals surface area contributed by atoms with Crippen LogP contribution < -0.4 is 0 Å². The molecule has 0 bridgehead atoms. The molecule has 1 aromatic rings. The molecule has 0 amide bonds. The van der Waals surface area contributed by atoms with Crippen molar-refractivity contribution in [1.29, 1.82) is 0 Å². The molecule has 0 aromatic heterocycles. The molecule has 0 fully saturated rings. The Balaban J connectivity index is 3.06. The van der Waals surface area contributed by atoms with Crippen LogP contribution >= 0.6 is 0 Å². The van der Waals surface area contributed by atoms with Gasteiger partial charge in [0.2, 0.25) is 0 Å². The van der Waals surface area contributed by atoms with E-state index in [1.54, 1.807) is 0 Å². The van der Waals surface area contributed by atoms with E-state index in [2.05, 4.69) is 0 Å². The van der Waals surface area contributed by atoms with E-state index in [1.165, 1.54) is 0 Å². The third-order valence-electron chi connectivity index (χ3n) is 1.62. The van der Waals surface area contributed by atoms with Crippen molar-refractivity contribution in [2.45, 2.75) is 0 Å². The highest BCUT2D eigenvalue weighted by Gasteiger charge is 2.17. The maximum absolute atomic E-state index is 13.0. The zero-order chi connectivity index (χ0) is 11.6. The molecular formula is C9H8F2O3S. The minimum Gasteiger partial charge on any atom is -0.293 e. The van der Waals surface area contributed by atoms with E-state index >= 15 is 0 Å². The highest BCUT2D eigenvalue weighted by Crippen LogP contribution is 2.11. The molecule has 3 nitrogen and oxygen atoms in total. The van der Waals surface area contributed by atoms with Gasteiger partial charge in [-0.2, -0.15) is 0 Å². The molecule has 0 saturated carbocycles. The lowest BCUT2D eigenvalue weighted by atomic mass is 10.1. The first-order valence-corrected chi connectivity index (χ1v) is 6.01. The zero-order valence-electron chi connectivity index (χ0n) is 7.83. The van der Waals surface area contributed by atoms with Gasteiger partial charge in [0.25, 0.3) is 0 Å². The molecule has 0 atom stereocenters. The van der Waals surface area contributed by atoms with Crippen molar-refractivity contribution in [2.75, 3.05) is 12.0 Å². The summed E-state index contributed by atoms with van der Waals surface area (Å²) in [5.74, 6) is -3.49. The van der Waals surface area contributed by atoms with E-state index in [9.17, 15) is 22.0 Å². The molecule has 0 spiro atoms. The number of carbonyl (C=O) groups is 1. The fourth-order valence-corrected chi connectivity index (χ4v) is 1.66. The van der Waals surface area contributed by atoms with Crippen LogP contribution in [0.5, 0.6) is 0 Å². The maximum atomic E-state index is 13.0. The van der Waals surface area contributed by atoms with Gasteiger partial charge in [0.05, 0.1) is 5.56 Å². The Morgan fingerprint density at radius 1 is 1.33 bits per heavy atom. The van der Waals surface area contributed by atoms with Crippen LogP contribution in [0.1, 0.15) is 10.4 Å². The summed E-state index contributed by atoms with van der Waals surface area (Å²) in [6, 6.07) is 2.32. The first-order valence-electron chi connectivity index (χ1n) is 3.95. The Hall–Kier alpha value is -1.30. The smallest absolute Gasteiger partial charge is 0.180 e. The van der Waals surface area contributed by atoms with Crippen LogP contribution in [0.4, 0.5) is 8.78 Å². The molecule has 0 heterocycles. The highest BCUT2D eigenvalue weighted by molar-refractivity contribution is 7.91. The summed E-state index contributed by atoms with van der Waals surface area (Å²) in [5.41, 5.74) is -0.541. The van der Waals surface area contributed by atoms with E-state index in [0.29, 0.717) is 6.07 Å². The SMILES string of the molecule is CS(=O)(=O)CC(=O)c1cc(F)ccc1F. The number of hydrogen-bond donors (Lipinski definition) is 0. The number of sulfone groups is 1. The van der Waals surface area contributed by atoms with Crippen LogP contribution in [0.25, 0.3) is 0 Å². The largest absolute Gasteiger partial charge is 0.293 e. The Morgan fingerprint density at radius 3 is 2.47 bits per heavy atom. The van der Waals surface area contributed by atoms with Crippen LogP contribution in [0, 0.1) is 11.6 Å². The summed E-state index contributed by atoms with van der Waals surface area (Å²) in [4.78, 5) is 11.2. The van der Waals surface area contributed by atoms with Gasteiger partial charge >= 0.3 is 0 Å². The Labute approximate surface area is 85.6 Å². The van der Waals surface area contributed by atoms with Gasteiger partial charge in [-0.1, -0.05) is 0 Å². The summed E-state index contributed by atoms with van der Waals surface area (Å²) in [7, 11) is -3.54. The Morgan fingerprint density at radius 2 is 1.93 bits per heavy atom. The minimum atomic E-state index is -3.54. The van der Waals surface area contributed by atoms with Gasteiger partial charge in [-0.05, 0) is 18.2 Å². The van der Waals surface area contributed by atoms with E-state index in [4.69, 9.17) is 0 Å². The second-order valence-corrected chi connectivity index (χ2v) is 5.26. The van der Waals surface area contributed by atoms with Crippen molar-refractivity contribution >= 4 is 15.6 Å². The highest BCUT2D eigenvalue weighted by atomic mass is 32.2. The molecule has 0 aliphatic rings. The van der Waals surface area contributed by atoms with E-state index < -0.39 is 38.6 Å². The molecule has 15 heavy (non-hydrogen) atoms.